The molecule has 156 valence electrons. The van der Waals surface area contributed by atoms with Crippen molar-refractivity contribution in [2.24, 2.45) is 0 Å². The number of rotatable bonds is 7. The van der Waals surface area contributed by atoms with Crippen molar-refractivity contribution in [3.05, 3.63) is 71.0 Å². The van der Waals surface area contributed by atoms with Crippen LogP contribution in [0.1, 0.15) is 37.2 Å². The van der Waals surface area contributed by atoms with Crippen molar-refractivity contribution in [3.63, 3.8) is 0 Å². The molecule has 1 atom stereocenters. The SMILES string of the molecule is CC(C)Oc1cc(Br)ccc1C(=O)Nc1cccc(NC(=O)C(C)n2cccn2)c1. The summed E-state index contributed by atoms with van der Waals surface area (Å²) in [5.41, 5.74) is 1.56. The maximum Gasteiger partial charge on any atom is 0.259 e. The largest absolute Gasteiger partial charge is 0.490 e. The third kappa shape index (κ3) is 5.48. The van der Waals surface area contributed by atoms with E-state index in [0.29, 0.717) is 22.7 Å². The Bertz CT molecular complexity index is 1030. The number of hydrogen-bond donors (Lipinski definition) is 2. The zero-order valence-electron chi connectivity index (χ0n) is 16.9. The molecule has 30 heavy (non-hydrogen) atoms. The third-order valence-corrected chi connectivity index (χ3v) is 4.73. The highest BCUT2D eigenvalue weighted by atomic mass is 79.9. The Morgan fingerprint density at radius 1 is 1.03 bits per heavy atom. The highest BCUT2D eigenvalue weighted by molar-refractivity contribution is 9.10. The molecular formula is C22H23BrN4O3. The van der Waals surface area contributed by atoms with Gasteiger partial charge in [-0.1, -0.05) is 22.0 Å². The molecule has 0 spiro atoms. The van der Waals surface area contributed by atoms with E-state index >= 15 is 0 Å². The zero-order chi connectivity index (χ0) is 21.7. The van der Waals surface area contributed by atoms with Crippen LogP contribution in [0.5, 0.6) is 5.75 Å². The summed E-state index contributed by atoms with van der Waals surface area (Å²) in [6, 6.07) is 13.5. The van der Waals surface area contributed by atoms with Gasteiger partial charge in [0.15, 0.2) is 0 Å². The van der Waals surface area contributed by atoms with Gasteiger partial charge in [0, 0.05) is 28.2 Å². The number of carbonyl (C=O) groups is 2. The molecule has 3 aromatic rings. The Kier molecular flexibility index (Phi) is 6.89. The van der Waals surface area contributed by atoms with Gasteiger partial charge in [0.05, 0.1) is 11.7 Å². The van der Waals surface area contributed by atoms with Crippen LogP contribution in [0, 0.1) is 0 Å². The Balaban J connectivity index is 1.72. The quantitative estimate of drug-likeness (QED) is 0.514. The van der Waals surface area contributed by atoms with E-state index in [4.69, 9.17) is 4.74 Å². The van der Waals surface area contributed by atoms with Crippen molar-refractivity contribution in [1.82, 2.24) is 9.78 Å². The molecule has 0 fully saturated rings. The third-order valence-electron chi connectivity index (χ3n) is 4.24. The minimum atomic E-state index is -0.461. The van der Waals surface area contributed by atoms with Gasteiger partial charge in [0.25, 0.3) is 5.91 Å². The van der Waals surface area contributed by atoms with E-state index in [1.165, 1.54) is 0 Å². The topological polar surface area (TPSA) is 85.3 Å². The smallest absolute Gasteiger partial charge is 0.259 e. The van der Waals surface area contributed by atoms with Crippen molar-refractivity contribution in [2.45, 2.75) is 32.9 Å². The Hall–Kier alpha value is -3.13. The first-order valence-electron chi connectivity index (χ1n) is 9.51. The fourth-order valence-electron chi connectivity index (χ4n) is 2.78. The Labute approximate surface area is 183 Å². The molecule has 0 aliphatic carbocycles. The van der Waals surface area contributed by atoms with Crippen LogP contribution in [-0.4, -0.2) is 27.7 Å². The summed E-state index contributed by atoms with van der Waals surface area (Å²) in [4.78, 5) is 25.3. The summed E-state index contributed by atoms with van der Waals surface area (Å²) < 4.78 is 8.17. The molecule has 3 rings (SSSR count). The summed E-state index contributed by atoms with van der Waals surface area (Å²) in [6.07, 6.45) is 3.29. The standard InChI is InChI=1S/C22H23BrN4O3/c1-14(2)30-20-12-16(23)8-9-19(20)22(29)26-18-7-4-6-17(13-18)25-21(28)15(3)27-11-5-10-24-27/h4-15H,1-3H3,(H,25,28)(H,26,29). The first-order valence-corrected chi connectivity index (χ1v) is 10.3. The average Bonchev–Trinajstić information content (AvgIpc) is 3.22. The van der Waals surface area contributed by atoms with Crippen LogP contribution in [0.4, 0.5) is 11.4 Å². The number of benzene rings is 2. The van der Waals surface area contributed by atoms with Crippen LogP contribution in [0.15, 0.2) is 65.4 Å². The molecule has 1 aromatic heterocycles. The van der Waals surface area contributed by atoms with Gasteiger partial charge in [-0.25, -0.2) is 0 Å². The molecule has 2 aromatic carbocycles. The second kappa shape index (κ2) is 9.58. The fourth-order valence-corrected chi connectivity index (χ4v) is 3.12. The monoisotopic (exact) mass is 470 g/mol. The number of hydrogen-bond acceptors (Lipinski definition) is 4. The highest BCUT2D eigenvalue weighted by Gasteiger charge is 2.17. The number of nitrogens with one attached hydrogen (secondary N) is 2. The number of amides is 2. The molecule has 0 aliphatic heterocycles. The van der Waals surface area contributed by atoms with Crippen LogP contribution in [0.25, 0.3) is 0 Å². The van der Waals surface area contributed by atoms with Gasteiger partial charge in [0.1, 0.15) is 11.8 Å². The van der Waals surface area contributed by atoms with Crippen LogP contribution >= 0.6 is 15.9 Å². The van der Waals surface area contributed by atoms with Gasteiger partial charge in [-0.15, -0.1) is 0 Å². The number of carbonyl (C=O) groups excluding carboxylic acids is 2. The Morgan fingerprint density at radius 3 is 2.43 bits per heavy atom. The summed E-state index contributed by atoms with van der Waals surface area (Å²) in [6.45, 7) is 5.57. The fraction of sp³-hybridized carbons (Fsp3) is 0.227. The lowest BCUT2D eigenvalue weighted by molar-refractivity contribution is -0.119. The van der Waals surface area contributed by atoms with E-state index in [0.717, 1.165) is 4.47 Å². The van der Waals surface area contributed by atoms with Crippen LogP contribution in [0.3, 0.4) is 0 Å². The van der Waals surface area contributed by atoms with Crippen molar-refractivity contribution in [2.75, 3.05) is 10.6 Å². The van der Waals surface area contributed by atoms with Gasteiger partial charge < -0.3 is 15.4 Å². The zero-order valence-corrected chi connectivity index (χ0v) is 18.5. The van der Waals surface area contributed by atoms with Crippen molar-refractivity contribution in [1.29, 1.82) is 0 Å². The number of ether oxygens (including phenoxy) is 1. The molecule has 0 aliphatic rings. The van der Waals surface area contributed by atoms with Gasteiger partial charge >= 0.3 is 0 Å². The number of nitrogens with zero attached hydrogens (tertiary/aromatic N) is 2. The molecular weight excluding hydrogens is 448 g/mol. The minimum absolute atomic E-state index is 0.0684. The van der Waals surface area contributed by atoms with E-state index < -0.39 is 6.04 Å². The second-order valence-corrected chi connectivity index (χ2v) is 7.91. The van der Waals surface area contributed by atoms with E-state index in [2.05, 4.69) is 31.7 Å². The first kappa shape index (κ1) is 21.6. The normalized spacial score (nSPS) is 11.8. The molecule has 1 unspecified atom stereocenters. The van der Waals surface area contributed by atoms with Crippen molar-refractivity contribution in [3.8, 4) is 5.75 Å². The van der Waals surface area contributed by atoms with Crippen molar-refractivity contribution < 1.29 is 14.3 Å². The van der Waals surface area contributed by atoms with E-state index in [1.54, 1.807) is 72.5 Å². The summed E-state index contributed by atoms with van der Waals surface area (Å²) in [5, 5.41) is 9.79. The van der Waals surface area contributed by atoms with Crippen LogP contribution in [0.2, 0.25) is 0 Å². The van der Waals surface area contributed by atoms with Gasteiger partial charge in [-0.05, 0) is 63.2 Å². The molecule has 0 radical (unpaired) electrons. The first-order chi connectivity index (χ1) is 14.3. The molecule has 0 saturated carbocycles. The number of halogens is 1. The molecule has 1 heterocycles. The molecule has 2 amide bonds. The summed E-state index contributed by atoms with van der Waals surface area (Å²) in [5.74, 6) is -0.0105. The Morgan fingerprint density at radius 2 is 1.77 bits per heavy atom. The number of anilines is 2. The molecule has 8 heteroatoms. The predicted molar refractivity (Wildman–Crippen MR) is 120 cm³/mol. The van der Waals surface area contributed by atoms with Crippen LogP contribution in [-0.2, 0) is 4.79 Å². The van der Waals surface area contributed by atoms with E-state index in [1.807, 2.05) is 13.8 Å². The van der Waals surface area contributed by atoms with Crippen molar-refractivity contribution >= 4 is 39.1 Å². The highest BCUT2D eigenvalue weighted by Crippen LogP contribution is 2.26. The van der Waals surface area contributed by atoms with E-state index in [-0.39, 0.29) is 17.9 Å². The molecule has 7 nitrogen and oxygen atoms in total. The molecule has 0 bridgehead atoms. The predicted octanol–water partition coefficient (Wildman–Crippen LogP) is 4.88. The van der Waals surface area contributed by atoms with E-state index in [9.17, 15) is 9.59 Å². The summed E-state index contributed by atoms with van der Waals surface area (Å²) in [7, 11) is 0. The number of aromatic nitrogens is 2. The average molecular weight is 471 g/mol. The van der Waals surface area contributed by atoms with Gasteiger partial charge in [-0.3, -0.25) is 14.3 Å². The second-order valence-electron chi connectivity index (χ2n) is 6.99. The minimum Gasteiger partial charge on any atom is -0.490 e. The summed E-state index contributed by atoms with van der Waals surface area (Å²) >= 11 is 3.40. The lowest BCUT2D eigenvalue weighted by atomic mass is 10.1. The molecule has 0 saturated heterocycles. The maximum atomic E-state index is 12.8. The van der Waals surface area contributed by atoms with Gasteiger partial charge in [-0.2, -0.15) is 5.10 Å². The maximum absolute atomic E-state index is 12.8. The van der Waals surface area contributed by atoms with Gasteiger partial charge in [0.2, 0.25) is 5.91 Å². The van der Waals surface area contributed by atoms with Crippen LogP contribution < -0.4 is 15.4 Å². The lowest BCUT2D eigenvalue weighted by Crippen LogP contribution is -2.24. The molecule has 2 N–H and O–H groups in total. The lowest BCUT2D eigenvalue weighted by Gasteiger charge is -2.15.